The van der Waals surface area contributed by atoms with Crippen LogP contribution in [0.2, 0.25) is 0 Å². The van der Waals surface area contributed by atoms with Gasteiger partial charge in [0.2, 0.25) is 5.91 Å². The third kappa shape index (κ3) is 2.31. The zero-order chi connectivity index (χ0) is 14.1. The van der Waals surface area contributed by atoms with Crippen molar-refractivity contribution in [2.45, 2.75) is 53.5 Å². The smallest absolute Gasteiger partial charge is 0.231 e. The lowest BCUT2D eigenvalue weighted by Crippen LogP contribution is -2.41. The number of nitrogens with zero attached hydrogens (tertiary/aromatic N) is 1. The Morgan fingerprint density at radius 2 is 1.89 bits per heavy atom. The van der Waals surface area contributed by atoms with Crippen molar-refractivity contribution in [1.82, 2.24) is 5.32 Å². The van der Waals surface area contributed by atoms with Crippen LogP contribution in [-0.2, 0) is 4.79 Å². The lowest BCUT2D eigenvalue weighted by atomic mass is 10.0. The van der Waals surface area contributed by atoms with Crippen LogP contribution < -0.4 is 11.1 Å². The maximum atomic E-state index is 12.2. The van der Waals surface area contributed by atoms with Gasteiger partial charge in [-0.25, -0.2) is 0 Å². The molecule has 1 atom stereocenters. The Hall–Kier alpha value is -1.26. The molecule has 1 aliphatic carbocycles. The SMILES string of the molecule is CCCC(C(=O)NC1C(C)(C)C1(C)C)C(N)=NO. The highest BCUT2D eigenvalue weighted by atomic mass is 16.4. The van der Waals surface area contributed by atoms with E-state index in [0.29, 0.717) is 6.42 Å². The Balaban J connectivity index is 2.70. The molecule has 0 aromatic rings. The highest BCUT2D eigenvalue weighted by molar-refractivity contribution is 6.02. The van der Waals surface area contributed by atoms with Crippen LogP contribution in [0.3, 0.4) is 0 Å². The molecule has 1 saturated carbocycles. The van der Waals surface area contributed by atoms with Crippen molar-refractivity contribution in [2.24, 2.45) is 27.6 Å². The fraction of sp³-hybridized carbons (Fsp3) is 0.846. The van der Waals surface area contributed by atoms with Crippen molar-refractivity contribution in [3.8, 4) is 0 Å². The van der Waals surface area contributed by atoms with Crippen LogP contribution in [0, 0.1) is 16.7 Å². The number of carbonyl (C=O) groups is 1. The molecule has 0 radical (unpaired) electrons. The standard InChI is InChI=1S/C13H25N3O2/c1-6-7-8(9(14)16-18)10(17)15-11-12(2,3)13(11,4)5/h8,11,18H,6-7H2,1-5H3,(H2,14,16)(H,15,17). The summed E-state index contributed by atoms with van der Waals surface area (Å²) in [5.74, 6) is -0.686. The van der Waals surface area contributed by atoms with Gasteiger partial charge in [-0.05, 0) is 17.3 Å². The van der Waals surface area contributed by atoms with E-state index in [1.165, 1.54) is 0 Å². The van der Waals surface area contributed by atoms with Gasteiger partial charge in [-0.15, -0.1) is 0 Å². The maximum absolute atomic E-state index is 12.2. The molecule has 0 heterocycles. The first-order valence-electron chi connectivity index (χ1n) is 6.48. The average molecular weight is 255 g/mol. The first kappa shape index (κ1) is 14.8. The molecular weight excluding hydrogens is 230 g/mol. The number of rotatable bonds is 5. The summed E-state index contributed by atoms with van der Waals surface area (Å²) >= 11 is 0. The van der Waals surface area contributed by atoms with Crippen LogP contribution in [0.25, 0.3) is 0 Å². The normalized spacial score (nSPS) is 23.5. The van der Waals surface area contributed by atoms with Gasteiger partial charge in [-0.2, -0.15) is 0 Å². The van der Waals surface area contributed by atoms with Gasteiger partial charge in [0.15, 0.2) is 5.84 Å². The van der Waals surface area contributed by atoms with Gasteiger partial charge in [-0.3, -0.25) is 4.79 Å². The average Bonchev–Trinajstić information content (AvgIpc) is 2.67. The molecule has 0 spiro atoms. The number of amides is 1. The largest absolute Gasteiger partial charge is 0.409 e. The van der Waals surface area contributed by atoms with Gasteiger partial charge in [0.05, 0.1) is 5.92 Å². The Kier molecular flexibility index (Phi) is 3.93. The summed E-state index contributed by atoms with van der Waals surface area (Å²) in [6.07, 6.45) is 1.40. The Labute approximate surface area is 109 Å². The summed E-state index contributed by atoms with van der Waals surface area (Å²) in [7, 11) is 0. The fourth-order valence-corrected chi connectivity index (χ4v) is 2.57. The Morgan fingerprint density at radius 1 is 1.39 bits per heavy atom. The van der Waals surface area contributed by atoms with Crippen molar-refractivity contribution in [2.75, 3.05) is 0 Å². The van der Waals surface area contributed by atoms with Gasteiger partial charge in [-0.1, -0.05) is 46.2 Å². The maximum Gasteiger partial charge on any atom is 0.231 e. The molecule has 0 aromatic heterocycles. The number of hydrogen-bond acceptors (Lipinski definition) is 3. The summed E-state index contributed by atoms with van der Waals surface area (Å²) in [5.41, 5.74) is 5.75. The van der Waals surface area contributed by atoms with E-state index < -0.39 is 5.92 Å². The predicted octanol–water partition coefficient (Wildman–Crippen LogP) is 1.70. The van der Waals surface area contributed by atoms with Crippen molar-refractivity contribution in [1.29, 1.82) is 0 Å². The van der Waals surface area contributed by atoms with Gasteiger partial charge < -0.3 is 16.3 Å². The van der Waals surface area contributed by atoms with Crippen molar-refractivity contribution in [3.05, 3.63) is 0 Å². The van der Waals surface area contributed by atoms with E-state index in [0.717, 1.165) is 6.42 Å². The Bertz CT molecular complexity index is 347. The van der Waals surface area contributed by atoms with Crippen LogP contribution >= 0.6 is 0 Å². The van der Waals surface area contributed by atoms with Gasteiger partial charge in [0, 0.05) is 6.04 Å². The second-order valence-corrected chi connectivity index (χ2v) is 6.25. The third-order valence-electron chi connectivity index (χ3n) is 4.67. The van der Waals surface area contributed by atoms with Crippen LogP contribution in [-0.4, -0.2) is 23.0 Å². The number of hydrogen-bond donors (Lipinski definition) is 3. The summed E-state index contributed by atoms with van der Waals surface area (Å²) < 4.78 is 0. The topological polar surface area (TPSA) is 87.7 Å². The van der Waals surface area contributed by atoms with Crippen molar-refractivity contribution in [3.63, 3.8) is 0 Å². The summed E-state index contributed by atoms with van der Waals surface area (Å²) in [6.45, 7) is 10.5. The minimum atomic E-state index is -0.535. The molecule has 5 nitrogen and oxygen atoms in total. The number of oxime groups is 1. The van der Waals surface area contributed by atoms with E-state index in [1.54, 1.807) is 0 Å². The molecule has 1 fully saturated rings. The molecular formula is C13H25N3O2. The molecule has 0 saturated heterocycles. The third-order valence-corrected chi connectivity index (χ3v) is 4.67. The van der Waals surface area contributed by atoms with Gasteiger partial charge in [0.1, 0.15) is 0 Å². The lowest BCUT2D eigenvalue weighted by molar-refractivity contribution is -0.123. The fourth-order valence-electron chi connectivity index (χ4n) is 2.57. The predicted molar refractivity (Wildman–Crippen MR) is 71.3 cm³/mol. The molecule has 5 heteroatoms. The minimum absolute atomic E-state index is 0.00869. The quantitative estimate of drug-likeness (QED) is 0.302. The first-order valence-corrected chi connectivity index (χ1v) is 6.48. The molecule has 0 aromatic carbocycles. The van der Waals surface area contributed by atoms with E-state index in [2.05, 4.69) is 38.2 Å². The second kappa shape index (κ2) is 4.78. The molecule has 1 unspecified atom stereocenters. The molecule has 1 amide bonds. The van der Waals surface area contributed by atoms with Crippen molar-refractivity contribution < 1.29 is 10.0 Å². The molecule has 0 aliphatic heterocycles. The van der Waals surface area contributed by atoms with Gasteiger partial charge in [0.25, 0.3) is 0 Å². The summed E-state index contributed by atoms with van der Waals surface area (Å²) in [4.78, 5) is 12.2. The number of nitrogens with two attached hydrogens (primary N) is 1. The lowest BCUT2D eigenvalue weighted by Gasteiger charge is -2.15. The zero-order valence-electron chi connectivity index (χ0n) is 11.9. The molecule has 104 valence electrons. The van der Waals surface area contributed by atoms with E-state index in [1.807, 2.05) is 6.92 Å². The number of nitrogens with one attached hydrogen (secondary N) is 1. The number of carbonyl (C=O) groups excluding carboxylic acids is 1. The van der Waals surface area contributed by atoms with Crippen LogP contribution in [0.4, 0.5) is 0 Å². The van der Waals surface area contributed by atoms with Crippen LogP contribution in [0.1, 0.15) is 47.5 Å². The number of amidine groups is 1. The highest BCUT2D eigenvalue weighted by Gasteiger charge is 2.65. The van der Waals surface area contributed by atoms with E-state index in [-0.39, 0.29) is 28.6 Å². The molecule has 0 bridgehead atoms. The van der Waals surface area contributed by atoms with Crippen LogP contribution in [0.15, 0.2) is 5.16 Å². The molecule has 1 aliphatic rings. The minimum Gasteiger partial charge on any atom is -0.409 e. The van der Waals surface area contributed by atoms with E-state index >= 15 is 0 Å². The van der Waals surface area contributed by atoms with Crippen molar-refractivity contribution >= 4 is 11.7 Å². The molecule has 18 heavy (non-hydrogen) atoms. The van der Waals surface area contributed by atoms with Gasteiger partial charge >= 0.3 is 0 Å². The summed E-state index contributed by atoms with van der Waals surface area (Å²) in [6, 6.07) is 0.142. The first-order chi connectivity index (χ1) is 8.20. The Morgan fingerprint density at radius 3 is 2.22 bits per heavy atom. The second-order valence-electron chi connectivity index (χ2n) is 6.25. The van der Waals surface area contributed by atoms with E-state index in [4.69, 9.17) is 10.9 Å². The monoisotopic (exact) mass is 255 g/mol. The molecule has 4 N–H and O–H groups in total. The van der Waals surface area contributed by atoms with E-state index in [9.17, 15) is 4.79 Å². The van der Waals surface area contributed by atoms with Crippen LogP contribution in [0.5, 0.6) is 0 Å². The zero-order valence-corrected chi connectivity index (χ0v) is 11.9. The summed E-state index contributed by atoms with van der Waals surface area (Å²) in [5, 5.41) is 14.7. The highest BCUT2D eigenvalue weighted by Crippen LogP contribution is 2.62. The molecule has 1 rings (SSSR count).